The van der Waals surface area contributed by atoms with Gasteiger partial charge in [0.05, 0.1) is 11.5 Å². The molecule has 4 aliphatic carbocycles. The van der Waals surface area contributed by atoms with E-state index in [1.807, 2.05) is 19.9 Å². The second-order valence-corrected chi connectivity index (χ2v) is 10.5. The van der Waals surface area contributed by atoms with Crippen LogP contribution in [-0.2, 0) is 19.7 Å². The first kappa shape index (κ1) is 20.9. The fourth-order valence-corrected chi connectivity index (χ4v) is 6.54. The Morgan fingerprint density at radius 3 is 2.40 bits per heavy atom. The molecule has 0 radical (unpaired) electrons. The normalized spacial score (nSPS) is 33.6. The zero-order valence-electron chi connectivity index (χ0n) is 18.2. The number of amides is 1. The Labute approximate surface area is 179 Å². The minimum Gasteiger partial charge on any atom is -0.455 e. The molecule has 5 rings (SSSR count). The number of benzene rings is 1. The summed E-state index contributed by atoms with van der Waals surface area (Å²) < 4.78 is 5.58. The van der Waals surface area contributed by atoms with E-state index in [0.717, 1.165) is 32.1 Å². The van der Waals surface area contributed by atoms with Gasteiger partial charge in [0, 0.05) is 0 Å². The predicted octanol–water partition coefficient (Wildman–Crippen LogP) is 4.12. The van der Waals surface area contributed by atoms with Crippen LogP contribution in [0.15, 0.2) is 30.3 Å². The number of nitrogens with one attached hydrogen (secondary N) is 1. The average molecular weight is 409 g/mol. The number of nitrogens with zero attached hydrogens (tertiary/aromatic N) is 1. The molecule has 2 unspecified atom stereocenters. The Morgan fingerprint density at radius 2 is 1.83 bits per heavy atom. The van der Waals surface area contributed by atoms with E-state index in [2.05, 4.69) is 35.7 Å². The first-order valence-corrected chi connectivity index (χ1v) is 11.2. The summed E-state index contributed by atoms with van der Waals surface area (Å²) in [5, 5.41) is 12.1. The van der Waals surface area contributed by atoms with Crippen molar-refractivity contribution in [3.05, 3.63) is 35.9 Å². The molecule has 1 aromatic rings. The van der Waals surface area contributed by atoms with Gasteiger partial charge in [0.15, 0.2) is 6.61 Å². The summed E-state index contributed by atoms with van der Waals surface area (Å²) in [7, 11) is 0. The summed E-state index contributed by atoms with van der Waals surface area (Å²) in [4.78, 5) is 25.7. The van der Waals surface area contributed by atoms with Crippen LogP contribution in [0.1, 0.15) is 64.9 Å². The molecule has 1 aromatic carbocycles. The van der Waals surface area contributed by atoms with E-state index in [9.17, 15) is 14.9 Å². The molecule has 0 spiro atoms. The number of hydrogen-bond acceptors (Lipinski definition) is 4. The van der Waals surface area contributed by atoms with Crippen molar-refractivity contribution >= 4 is 11.9 Å². The van der Waals surface area contributed by atoms with Gasteiger partial charge in [0.2, 0.25) is 0 Å². The van der Waals surface area contributed by atoms with Gasteiger partial charge in [-0.25, -0.2) is 0 Å². The molecule has 0 aliphatic heterocycles. The third-order valence-corrected chi connectivity index (χ3v) is 8.00. The number of carbonyl (C=O) groups excluding carboxylic acids is 2. The topological polar surface area (TPSA) is 79.2 Å². The summed E-state index contributed by atoms with van der Waals surface area (Å²) in [6.45, 7) is 5.14. The Kier molecular flexibility index (Phi) is 5.16. The van der Waals surface area contributed by atoms with Gasteiger partial charge in [-0.15, -0.1) is 0 Å². The van der Waals surface area contributed by atoms with Crippen LogP contribution in [0.4, 0.5) is 0 Å². The number of rotatable bonds is 6. The number of carbonyl (C=O) groups is 2. The molecule has 0 heterocycles. The molecule has 0 saturated heterocycles. The lowest BCUT2D eigenvalue weighted by Gasteiger charge is -2.61. The van der Waals surface area contributed by atoms with Crippen LogP contribution in [0, 0.1) is 34.5 Å². The van der Waals surface area contributed by atoms with Crippen molar-refractivity contribution in [3.63, 3.8) is 0 Å². The summed E-state index contributed by atoms with van der Waals surface area (Å²) in [6, 6.07) is 12.8. The van der Waals surface area contributed by atoms with Gasteiger partial charge < -0.3 is 10.1 Å². The van der Waals surface area contributed by atoms with Gasteiger partial charge >= 0.3 is 5.97 Å². The van der Waals surface area contributed by atoms with E-state index < -0.39 is 16.9 Å². The number of nitriles is 1. The van der Waals surface area contributed by atoms with Crippen molar-refractivity contribution in [3.8, 4) is 6.07 Å². The van der Waals surface area contributed by atoms with Crippen LogP contribution >= 0.6 is 0 Å². The lowest BCUT2D eigenvalue weighted by atomic mass is 9.43. The lowest BCUT2D eigenvalue weighted by Crippen LogP contribution is -2.57. The van der Waals surface area contributed by atoms with Crippen LogP contribution in [0.2, 0.25) is 0 Å². The predicted molar refractivity (Wildman–Crippen MR) is 113 cm³/mol. The second kappa shape index (κ2) is 7.41. The summed E-state index contributed by atoms with van der Waals surface area (Å²) in [6.07, 6.45) is 6.08. The minimum atomic E-state index is -0.971. The van der Waals surface area contributed by atoms with E-state index in [4.69, 9.17) is 4.74 Å². The van der Waals surface area contributed by atoms with Crippen LogP contribution in [0.5, 0.6) is 0 Å². The van der Waals surface area contributed by atoms with Crippen molar-refractivity contribution in [1.29, 1.82) is 5.26 Å². The summed E-state index contributed by atoms with van der Waals surface area (Å²) in [5.74, 6) is 0.418. The molecule has 4 bridgehead atoms. The molecule has 1 amide bonds. The first-order chi connectivity index (χ1) is 14.2. The van der Waals surface area contributed by atoms with Crippen molar-refractivity contribution in [2.45, 2.75) is 70.3 Å². The zero-order valence-corrected chi connectivity index (χ0v) is 18.2. The second-order valence-electron chi connectivity index (χ2n) is 10.5. The van der Waals surface area contributed by atoms with Crippen molar-refractivity contribution < 1.29 is 14.3 Å². The molecule has 5 atom stereocenters. The van der Waals surface area contributed by atoms with Crippen LogP contribution < -0.4 is 5.32 Å². The maximum atomic E-state index is 13.3. The van der Waals surface area contributed by atoms with E-state index in [-0.39, 0.29) is 23.9 Å². The van der Waals surface area contributed by atoms with Gasteiger partial charge in [0.1, 0.15) is 5.54 Å². The monoisotopic (exact) mass is 408 g/mol. The molecule has 0 aromatic heterocycles. The molecule has 4 fully saturated rings. The summed E-state index contributed by atoms with van der Waals surface area (Å²) >= 11 is 0. The van der Waals surface area contributed by atoms with E-state index in [0.29, 0.717) is 11.8 Å². The fourth-order valence-electron chi connectivity index (χ4n) is 6.54. The smallest absolute Gasteiger partial charge is 0.312 e. The molecule has 4 aliphatic rings. The highest BCUT2D eigenvalue weighted by molar-refractivity contribution is 5.84. The largest absolute Gasteiger partial charge is 0.455 e. The third kappa shape index (κ3) is 3.51. The summed E-state index contributed by atoms with van der Waals surface area (Å²) in [5.41, 5.74) is -0.0437. The quantitative estimate of drug-likeness (QED) is 0.718. The molecule has 160 valence electrons. The standard InChI is InChI=1S/C25H32N2O3/c1-17(2)23(3,16-26)27-21(28)14-30-22(29)25-12-18-9-19(13-25)11-24(10-18,15-25)20-7-5-4-6-8-20/h4-8,17-19H,9-15H2,1-3H3,(H,27,28)/t18-,19+,23-,24?,25?/m1/s1. The molecule has 30 heavy (non-hydrogen) atoms. The zero-order chi connectivity index (χ0) is 21.6. The third-order valence-electron chi connectivity index (χ3n) is 8.00. The number of hydrogen-bond donors (Lipinski definition) is 1. The SMILES string of the molecule is CC(C)[C@@](C)(C#N)NC(=O)COC(=O)C12C[C@H]3C[C@@H](C1)CC(c1ccccc1)(C3)C2. The number of ether oxygens (including phenoxy) is 1. The minimum absolute atomic E-state index is 0.0453. The maximum Gasteiger partial charge on any atom is 0.312 e. The van der Waals surface area contributed by atoms with Gasteiger partial charge in [-0.3, -0.25) is 9.59 Å². The van der Waals surface area contributed by atoms with Gasteiger partial charge in [0.25, 0.3) is 5.91 Å². The first-order valence-electron chi connectivity index (χ1n) is 11.2. The highest BCUT2D eigenvalue weighted by Crippen LogP contribution is 2.66. The highest BCUT2D eigenvalue weighted by atomic mass is 16.5. The van der Waals surface area contributed by atoms with Gasteiger partial charge in [-0.1, -0.05) is 44.2 Å². The molecule has 4 saturated carbocycles. The van der Waals surface area contributed by atoms with E-state index >= 15 is 0 Å². The Morgan fingerprint density at radius 1 is 1.20 bits per heavy atom. The van der Waals surface area contributed by atoms with Crippen molar-refractivity contribution in [2.24, 2.45) is 23.2 Å². The molecular weight excluding hydrogens is 376 g/mol. The molecular formula is C25H32N2O3. The van der Waals surface area contributed by atoms with Gasteiger partial charge in [-0.05, 0) is 74.2 Å². The Bertz CT molecular complexity index is 858. The van der Waals surface area contributed by atoms with Crippen molar-refractivity contribution in [1.82, 2.24) is 5.32 Å². The van der Waals surface area contributed by atoms with E-state index in [1.54, 1.807) is 6.92 Å². The molecule has 5 nitrogen and oxygen atoms in total. The van der Waals surface area contributed by atoms with Crippen LogP contribution in [-0.4, -0.2) is 24.0 Å². The lowest BCUT2D eigenvalue weighted by molar-refractivity contribution is -0.175. The van der Waals surface area contributed by atoms with Crippen molar-refractivity contribution in [2.75, 3.05) is 6.61 Å². The Balaban J connectivity index is 1.47. The Hall–Kier alpha value is -2.35. The van der Waals surface area contributed by atoms with Gasteiger partial charge in [-0.2, -0.15) is 5.26 Å². The van der Waals surface area contributed by atoms with E-state index in [1.165, 1.54) is 12.0 Å². The maximum absolute atomic E-state index is 13.3. The van der Waals surface area contributed by atoms with Crippen LogP contribution in [0.3, 0.4) is 0 Å². The molecule has 5 heteroatoms. The van der Waals surface area contributed by atoms with Crippen LogP contribution in [0.25, 0.3) is 0 Å². The highest BCUT2D eigenvalue weighted by Gasteiger charge is 2.61. The number of esters is 1. The molecule has 1 N–H and O–H groups in total. The fraction of sp³-hybridized carbons (Fsp3) is 0.640. The average Bonchev–Trinajstić information content (AvgIpc) is 2.71.